The molecule has 1 fully saturated rings. The van der Waals surface area contributed by atoms with Crippen molar-refractivity contribution in [3.8, 4) is 0 Å². The van der Waals surface area contributed by atoms with E-state index in [0.717, 1.165) is 19.3 Å². The van der Waals surface area contributed by atoms with Gasteiger partial charge in [0.05, 0.1) is 5.60 Å². The van der Waals surface area contributed by atoms with E-state index in [1.54, 1.807) is 0 Å². The van der Waals surface area contributed by atoms with Gasteiger partial charge in [0, 0.05) is 6.04 Å². The first-order chi connectivity index (χ1) is 4.14. The lowest BCUT2D eigenvalue weighted by Crippen LogP contribution is -2.26. The molecule has 1 aliphatic rings. The molecule has 0 aromatic heterocycles. The van der Waals surface area contributed by atoms with E-state index in [2.05, 4.69) is 5.32 Å². The van der Waals surface area contributed by atoms with Crippen molar-refractivity contribution in [1.82, 2.24) is 5.32 Å². The van der Waals surface area contributed by atoms with Crippen LogP contribution in [0.1, 0.15) is 26.2 Å². The molecule has 0 saturated heterocycles. The maximum atomic E-state index is 9.46. The average Bonchev–Trinajstić information content (AvgIpc) is 2.10. The van der Waals surface area contributed by atoms with E-state index in [0.29, 0.717) is 6.04 Å². The summed E-state index contributed by atoms with van der Waals surface area (Å²) in [5.41, 5.74) is -0.395. The van der Waals surface area contributed by atoms with Gasteiger partial charge in [-0.15, -0.1) is 0 Å². The van der Waals surface area contributed by atoms with E-state index in [-0.39, 0.29) is 0 Å². The molecule has 1 aliphatic carbocycles. The summed E-state index contributed by atoms with van der Waals surface area (Å²) in [6.45, 7) is 1.91. The van der Waals surface area contributed by atoms with Crippen LogP contribution >= 0.6 is 0 Å². The fourth-order valence-electron chi connectivity index (χ4n) is 1.47. The highest BCUT2D eigenvalue weighted by molar-refractivity contribution is 4.88. The Balaban J connectivity index is 2.38. The first-order valence-electron chi connectivity index (χ1n) is 3.54. The van der Waals surface area contributed by atoms with Crippen molar-refractivity contribution in [3.05, 3.63) is 0 Å². The molecule has 2 heteroatoms. The number of hydrogen-bond acceptors (Lipinski definition) is 2. The summed E-state index contributed by atoms with van der Waals surface area (Å²) in [5.74, 6) is 0. The molecular formula is C7H15NO. The van der Waals surface area contributed by atoms with Gasteiger partial charge in [-0.05, 0) is 33.2 Å². The molecule has 2 nitrogen and oxygen atoms in total. The molecule has 0 unspecified atom stereocenters. The van der Waals surface area contributed by atoms with Crippen molar-refractivity contribution in [2.45, 2.75) is 37.8 Å². The summed E-state index contributed by atoms with van der Waals surface area (Å²) in [7, 11) is 1.95. The van der Waals surface area contributed by atoms with E-state index in [1.165, 1.54) is 0 Å². The fourth-order valence-corrected chi connectivity index (χ4v) is 1.47. The molecule has 0 aromatic carbocycles. The lowest BCUT2D eigenvalue weighted by atomic mass is 10.1. The fraction of sp³-hybridized carbons (Fsp3) is 1.00. The Morgan fingerprint density at radius 1 is 1.67 bits per heavy atom. The van der Waals surface area contributed by atoms with Crippen molar-refractivity contribution in [2.24, 2.45) is 0 Å². The van der Waals surface area contributed by atoms with E-state index in [1.807, 2.05) is 14.0 Å². The maximum Gasteiger partial charge on any atom is 0.0635 e. The monoisotopic (exact) mass is 129 g/mol. The van der Waals surface area contributed by atoms with Crippen LogP contribution in [-0.4, -0.2) is 23.8 Å². The molecular weight excluding hydrogens is 114 g/mol. The molecule has 54 valence electrons. The summed E-state index contributed by atoms with van der Waals surface area (Å²) in [4.78, 5) is 0. The highest BCUT2D eigenvalue weighted by atomic mass is 16.3. The minimum atomic E-state index is -0.395. The number of aliphatic hydroxyl groups is 1. The van der Waals surface area contributed by atoms with Crippen molar-refractivity contribution in [1.29, 1.82) is 0 Å². The largest absolute Gasteiger partial charge is 0.390 e. The normalized spacial score (nSPS) is 43.7. The molecule has 0 aliphatic heterocycles. The van der Waals surface area contributed by atoms with Gasteiger partial charge in [-0.3, -0.25) is 0 Å². The molecule has 2 atom stereocenters. The third-order valence-corrected chi connectivity index (χ3v) is 2.13. The van der Waals surface area contributed by atoms with Gasteiger partial charge in [-0.1, -0.05) is 0 Å². The van der Waals surface area contributed by atoms with Crippen LogP contribution in [0.5, 0.6) is 0 Å². The van der Waals surface area contributed by atoms with Crippen LogP contribution in [-0.2, 0) is 0 Å². The lowest BCUT2D eigenvalue weighted by Gasteiger charge is -2.15. The van der Waals surface area contributed by atoms with Crippen molar-refractivity contribution in [2.75, 3.05) is 7.05 Å². The van der Waals surface area contributed by atoms with Gasteiger partial charge in [0.25, 0.3) is 0 Å². The molecule has 0 radical (unpaired) electrons. The molecule has 2 N–H and O–H groups in total. The first-order valence-corrected chi connectivity index (χ1v) is 3.54. The van der Waals surface area contributed by atoms with Gasteiger partial charge in [0.15, 0.2) is 0 Å². The van der Waals surface area contributed by atoms with E-state index in [9.17, 15) is 5.11 Å². The van der Waals surface area contributed by atoms with Crippen LogP contribution in [0.4, 0.5) is 0 Å². The van der Waals surface area contributed by atoms with Crippen molar-refractivity contribution in [3.63, 3.8) is 0 Å². The predicted octanol–water partition coefficient (Wildman–Crippen LogP) is 0.509. The van der Waals surface area contributed by atoms with Gasteiger partial charge in [-0.2, -0.15) is 0 Å². The van der Waals surface area contributed by atoms with Crippen molar-refractivity contribution < 1.29 is 5.11 Å². The molecule has 1 rings (SSSR count). The van der Waals surface area contributed by atoms with Crippen LogP contribution in [0.3, 0.4) is 0 Å². The quantitative estimate of drug-likeness (QED) is 0.540. The highest BCUT2D eigenvalue weighted by Crippen LogP contribution is 2.28. The molecule has 0 heterocycles. The van der Waals surface area contributed by atoms with Gasteiger partial charge >= 0.3 is 0 Å². The Morgan fingerprint density at radius 2 is 2.33 bits per heavy atom. The second-order valence-electron chi connectivity index (χ2n) is 3.23. The minimum absolute atomic E-state index is 0.395. The van der Waals surface area contributed by atoms with Crippen LogP contribution in [0.2, 0.25) is 0 Å². The second kappa shape index (κ2) is 2.27. The number of rotatable bonds is 1. The van der Waals surface area contributed by atoms with Crippen LogP contribution in [0.15, 0.2) is 0 Å². The first kappa shape index (κ1) is 7.03. The van der Waals surface area contributed by atoms with E-state index < -0.39 is 5.60 Å². The topological polar surface area (TPSA) is 32.3 Å². The summed E-state index contributed by atoms with van der Waals surface area (Å²) in [5, 5.41) is 12.6. The molecule has 0 bridgehead atoms. The van der Waals surface area contributed by atoms with Gasteiger partial charge in [0.2, 0.25) is 0 Å². The molecule has 0 amide bonds. The van der Waals surface area contributed by atoms with E-state index in [4.69, 9.17) is 0 Å². The minimum Gasteiger partial charge on any atom is -0.390 e. The average molecular weight is 129 g/mol. The third-order valence-electron chi connectivity index (χ3n) is 2.13. The smallest absolute Gasteiger partial charge is 0.0635 e. The molecule has 0 spiro atoms. The third kappa shape index (κ3) is 1.66. The van der Waals surface area contributed by atoms with Crippen molar-refractivity contribution >= 4 is 0 Å². The zero-order valence-electron chi connectivity index (χ0n) is 6.15. The summed E-state index contributed by atoms with van der Waals surface area (Å²) < 4.78 is 0. The Labute approximate surface area is 56.3 Å². The summed E-state index contributed by atoms with van der Waals surface area (Å²) in [6.07, 6.45) is 2.96. The summed E-state index contributed by atoms with van der Waals surface area (Å²) in [6, 6.07) is 0.542. The zero-order valence-corrected chi connectivity index (χ0v) is 6.15. The predicted molar refractivity (Wildman–Crippen MR) is 37.3 cm³/mol. The van der Waals surface area contributed by atoms with Crippen LogP contribution in [0.25, 0.3) is 0 Å². The van der Waals surface area contributed by atoms with Gasteiger partial charge in [0.1, 0.15) is 0 Å². The molecule has 1 saturated carbocycles. The number of hydrogen-bond donors (Lipinski definition) is 2. The van der Waals surface area contributed by atoms with Gasteiger partial charge < -0.3 is 10.4 Å². The molecule has 0 aromatic rings. The lowest BCUT2D eigenvalue weighted by molar-refractivity contribution is 0.0657. The maximum absolute atomic E-state index is 9.46. The molecule has 9 heavy (non-hydrogen) atoms. The highest BCUT2D eigenvalue weighted by Gasteiger charge is 2.31. The van der Waals surface area contributed by atoms with Crippen LogP contribution < -0.4 is 5.32 Å². The Bertz CT molecular complexity index is 101. The zero-order chi connectivity index (χ0) is 6.91. The van der Waals surface area contributed by atoms with Crippen LogP contribution in [0, 0.1) is 0 Å². The second-order valence-corrected chi connectivity index (χ2v) is 3.23. The standard InChI is InChI=1S/C7H15NO/c1-7(9)4-3-6(5-7)8-2/h6,8-9H,3-5H2,1-2H3/t6-,7-/m1/s1. The Kier molecular flexibility index (Phi) is 1.78. The Hall–Kier alpha value is -0.0800. The van der Waals surface area contributed by atoms with E-state index >= 15 is 0 Å². The summed E-state index contributed by atoms with van der Waals surface area (Å²) >= 11 is 0. The Morgan fingerprint density at radius 3 is 2.56 bits per heavy atom. The SMILES string of the molecule is CN[C@@H]1CC[C@@](C)(O)C1. The number of nitrogens with one attached hydrogen (secondary N) is 1. The van der Waals surface area contributed by atoms with Gasteiger partial charge in [-0.25, -0.2) is 0 Å².